The molecule has 9 nitrogen and oxygen atoms in total. The van der Waals surface area contributed by atoms with E-state index in [4.69, 9.17) is 4.98 Å². The van der Waals surface area contributed by atoms with Gasteiger partial charge in [-0.1, -0.05) is 6.42 Å². The molecular weight excluding hydrogens is 476 g/mol. The summed E-state index contributed by atoms with van der Waals surface area (Å²) in [6, 6.07) is 5.60. The number of thiazole rings is 1. The molecule has 1 fully saturated rings. The van der Waals surface area contributed by atoms with Gasteiger partial charge in [0.15, 0.2) is 5.82 Å². The van der Waals surface area contributed by atoms with E-state index >= 15 is 0 Å². The maximum absolute atomic E-state index is 13.0. The van der Waals surface area contributed by atoms with Crippen LogP contribution in [0.25, 0.3) is 5.82 Å². The number of hydrogen-bond acceptors (Lipinski definition) is 8. The molecule has 4 heterocycles. The smallest absolute Gasteiger partial charge is 0.305 e. The quantitative estimate of drug-likeness (QED) is 0.316. The Morgan fingerprint density at radius 1 is 1.19 bits per heavy atom. The second-order valence-corrected chi connectivity index (χ2v) is 10.1. The maximum atomic E-state index is 13.0. The SMILES string of the molecule is COC(=O)CCCCCN1CCC(c2nc(C(=O)Nc3cccnc3-n3nc(C)cc3C)cs2)CC1. The third-order valence-electron chi connectivity index (χ3n) is 6.52. The van der Waals surface area contributed by atoms with Crippen LogP contribution in [0.5, 0.6) is 0 Å². The number of carbonyl (C=O) groups excluding carboxylic acids is 2. The van der Waals surface area contributed by atoms with Gasteiger partial charge in [-0.05, 0) is 77.4 Å². The van der Waals surface area contributed by atoms with Gasteiger partial charge in [0.25, 0.3) is 5.91 Å². The molecule has 36 heavy (non-hydrogen) atoms. The predicted octanol–water partition coefficient (Wildman–Crippen LogP) is 4.51. The van der Waals surface area contributed by atoms with Gasteiger partial charge in [0.2, 0.25) is 0 Å². The number of nitrogens with one attached hydrogen (secondary N) is 1. The fourth-order valence-corrected chi connectivity index (χ4v) is 5.53. The van der Waals surface area contributed by atoms with Crippen molar-refractivity contribution in [1.82, 2.24) is 24.6 Å². The summed E-state index contributed by atoms with van der Waals surface area (Å²) in [5.41, 5.74) is 2.88. The number of unbranched alkanes of at least 4 members (excludes halogenated alkanes) is 2. The van der Waals surface area contributed by atoms with Crippen LogP contribution in [0.1, 0.15) is 71.3 Å². The Balaban J connectivity index is 1.28. The molecule has 1 saturated heterocycles. The monoisotopic (exact) mass is 510 g/mol. The van der Waals surface area contributed by atoms with Crippen LogP contribution in [0.15, 0.2) is 29.8 Å². The molecule has 10 heteroatoms. The highest BCUT2D eigenvalue weighted by molar-refractivity contribution is 7.10. The standard InChI is InChI=1S/C26H34N6O3S/c1-18-16-19(2)32(30-18)24-21(8-7-12-27-24)28-25(34)22-17-36-26(29-22)20-10-14-31(15-11-20)13-6-4-5-9-23(33)35-3/h7-8,12,16-17,20H,4-6,9-11,13-15H2,1-3H3,(H,28,34). The second kappa shape index (κ2) is 12.2. The molecule has 1 N–H and O–H groups in total. The molecule has 0 spiro atoms. The van der Waals surface area contributed by atoms with Crippen molar-refractivity contribution in [3.8, 4) is 5.82 Å². The van der Waals surface area contributed by atoms with E-state index in [9.17, 15) is 9.59 Å². The number of rotatable bonds is 10. The van der Waals surface area contributed by atoms with Crippen molar-refractivity contribution in [3.63, 3.8) is 0 Å². The summed E-state index contributed by atoms with van der Waals surface area (Å²) in [4.78, 5) is 35.8. The zero-order valence-electron chi connectivity index (χ0n) is 21.2. The number of amides is 1. The van der Waals surface area contributed by atoms with E-state index in [1.165, 1.54) is 7.11 Å². The Morgan fingerprint density at radius 2 is 2.00 bits per heavy atom. The molecule has 192 valence electrons. The largest absolute Gasteiger partial charge is 0.469 e. The summed E-state index contributed by atoms with van der Waals surface area (Å²) in [5, 5.41) is 10.3. The van der Waals surface area contributed by atoms with Crippen LogP contribution in [0.4, 0.5) is 5.69 Å². The lowest BCUT2D eigenvalue weighted by Gasteiger charge is -2.31. The first-order chi connectivity index (χ1) is 17.4. The van der Waals surface area contributed by atoms with Crippen LogP contribution in [-0.2, 0) is 9.53 Å². The van der Waals surface area contributed by atoms with Crippen molar-refractivity contribution in [2.75, 3.05) is 32.1 Å². The minimum Gasteiger partial charge on any atom is -0.469 e. The van der Waals surface area contributed by atoms with Crippen molar-refractivity contribution in [2.24, 2.45) is 0 Å². The average molecular weight is 511 g/mol. The Morgan fingerprint density at radius 3 is 2.72 bits per heavy atom. The molecular formula is C26H34N6O3S. The number of hydrogen-bond donors (Lipinski definition) is 1. The molecule has 0 aromatic carbocycles. The number of ether oxygens (including phenoxy) is 1. The van der Waals surface area contributed by atoms with Gasteiger partial charge in [-0.3, -0.25) is 9.59 Å². The Labute approximate surface area is 215 Å². The lowest BCUT2D eigenvalue weighted by atomic mass is 9.97. The van der Waals surface area contributed by atoms with Crippen molar-refractivity contribution < 1.29 is 14.3 Å². The van der Waals surface area contributed by atoms with E-state index in [1.54, 1.807) is 28.3 Å². The summed E-state index contributed by atoms with van der Waals surface area (Å²) in [6.07, 6.45) is 7.30. The molecule has 1 amide bonds. The lowest BCUT2D eigenvalue weighted by Crippen LogP contribution is -2.33. The van der Waals surface area contributed by atoms with Gasteiger partial charge in [-0.2, -0.15) is 5.10 Å². The number of aryl methyl sites for hydroxylation is 2. The fraction of sp³-hybridized carbons (Fsp3) is 0.500. The number of esters is 1. The number of methoxy groups -OCH3 is 1. The highest BCUT2D eigenvalue weighted by atomic mass is 32.1. The van der Waals surface area contributed by atoms with Crippen LogP contribution in [0.3, 0.4) is 0 Å². The molecule has 4 rings (SSSR count). The van der Waals surface area contributed by atoms with Gasteiger partial charge in [-0.15, -0.1) is 11.3 Å². The lowest BCUT2D eigenvalue weighted by molar-refractivity contribution is -0.140. The summed E-state index contributed by atoms with van der Waals surface area (Å²) < 4.78 is 6.43. The van der Waals surface area contributed by atoms with Crippen molar-refractivity contribution in [3.05, 3.63) is 51.9 Å². The normalized spacial score (nSPS) is 14.6. The zero-order chi connectivity index (χ0) is 25.5. The van der Waals surface area contributed by atoms with E-state index in [0.29, 0.717) is 29.5 Å². The highest BCUT2D eigenvalue weighted by Gasteiger charge is 2.24. The summed E-state index contributed by atoms with van der Waals surface area (Å²) >= 11 is 1.56. The van der Waals surface area contributed by atoms with Crippen LogP contribution in [-0.4, -0.2) is 63.3 Å². The van der Waals surface area contributed by atoms with Crippen LogP contribution < -0.4 is 5.32 Å². The Kier molecular flexibility index (Phi) is 8.82. The number of likely N-dealkylation sites (tertiary alicyclic amines) is 1. The van der Waals surface area contributed by atoms with Crippen molar-refractivity contribution in [2.45, 2.75) is 58.3 Å². The summed E-state index contributed by atoms with van der Waals surface area (Å²) in [6.45, 7) is 7.01. The number of pyridine rings is 1. The molecule has 1 aliphatic heterocycles. The number of nitrogens with zero attached hydrogens (tertiary/aromatic N) is 5. The Hall–Kier alpha value is -3.11. The zero-order valence-corrected chi connectivity index (χ0v) is 22.0. The van der Waals surface area contributed by atoms with E-state index in [0.717, 1.165) is 68.1 Å². The molecule has 3 aromatic heterocycles. The number of piperidine rings is 1. The summed E-state index contributed by atoms with van der Waals surface area (Å²) in [5.74, 6) is 0.606. The molecule has 0 radical (unpaired) electrons. The average Bonchev–Trinajstić information content (AvgIpc) is 3.51. The van der Waals surface area contributed by atoms with Gasteiger partial charge in [0.05, 0.1) is 23.5 Å². The van der Waals surface area contributed by atoms with E-state index < -0.39 is 0 Å². The number of carbonyl (C=O) groups is 2. The number of aromatic nitrogens is 4. The molecule has 3 aromatic rings. The van der Waals surface area contributed by atoms with Gasteiger partial charge in [0.1, 0.15) is 5.69 Å². The molecule has 0 aliphatic carbocycles. The van der Waals surface area contributed by atoms with Gasteiger partial charge < -0.3 is 15.0 Å². The highest BCUT2D eigenvalue weighted by Crippen LogP contribution is 2.31. The molecule has 0 unspecified atom stereocenters. The minimum absolute atomic E-state index is 0.128. The first kappa shape index (κ1) is 26.0. The topological polar surface area (TPSA) is 102 Å². The molecule has 0 atom stereocenters. The fourth-order valence-electron chi connectivity index (χ4n) is 4.56. The predicted molar refractivity (Wildman–Crippen MR) is 140 cm³/mol. The minimum atomic E-state index is -0.238. The van der Waals surface area contributed by atoms with Gasteiger partial charge in [-0.25, -0.2) is 14.6 Å². The van der Waals surface area contributed by atoms with Crippen molar-refractivity contribution >= 4 is 28.9 Å². The third-order valence-corrected chi connectivity index (χ3v) is 7.53. The van der Waals surface area contributed by atoms with Crippen LogP contribution >= 0.6 is 11.3 Å². The number of anilines is 1. The van der Waals surface area contributed by atoms with E-state index in [2.05, 4.69) is 25.0 Å². The summed E-state index contributed by atoms with van der Waals surface area (Å²) in [7, 11) is 1.44. The third kappa shape index (κ3) is 6.55. The molecule has 1 aliphatic rings. The first-order valence-electron chi connectivity index (χ1n) is 12.5. The van der Waals surface area contributed by atoms with Crippen LogP contribution in [0, 0.1) is 13.8 Å². The molecule has 0 bridgehead atoms. The van der Waals surface area contributed by atoms with E-state index in [-0.39, 0.29) is 11.9 Å². The Bertz CT molecular complexity index is 1180. The van der Waals surface area contributed by atoms with Gasteiger partial charge >= 0.3 is 5.97 Å². The maximum Gasteiger partial charge on any atom is 0.305 e. The van der Waals surface area contributed by atoms with E-state index in [1.807, 2.05) is 31.4 Å². The first-order valence-corrected chi connectivity index (χ1v) is 13.4. The van der Waals surface area contributed by atoms with Crippen LogP contribution in [0.2, 0.25) is 0 Å². The van der Waals surface area contributed by atoms with Crippen molar-refractivity contribution in [1.29, 1.82) is 0 Å². The van der Waals surface area contributed by atoms with Gasteiger partial charge in [0, 0.05) is 29.6 Å². The molecule has 0 saturated carbocycles. The second-order valence-electron chi connectivity index (χ2n) is 9.24.